The number of carboxylic acids is 1. The highest BCUT2D eigenvalue weighted by atomic mass is 16.6. The Morgan fingerprint density at radius 2 is 2.11 bits per heavy atom. The summed E-state index contributed by atoms with van der Waals surface area (Å²) in [6, 6.07) is -0.461. The molecule has 19 heavy (non-hydrogen) atoms. The molecule has 0 saturated carbocycles. The largest absolute Gasteiger partial charge is 0.480 e. The highest BCUT2D eigenvalue weighted by Gasteiger charge is 2.27. The fourth-order valence-corrected chi connectivity index (χ4v) is 1.48. The number of carbonyl (C=O) groups excluding carboxylic acids is 1. The lowest BCUT2D eigenvalue weighted by Crippen LogP contribution is -2.48. The second-order valence-electron chi connectivity index (χ2n) is 3.98. The molecule has 3 N–H and O–H groups in total. The summed E-state index contributed by atoms with van der Waals surface area (Å²) in [6.07, 6.45) is -0.163. The standard InChI is InChI=1S/C10H13N3O6/c1-5(14)8(10(16)17)11-9(15)7-3-6(13(18)19)4-12(7)2/h3-5,8,14H,1-2H3,(H,11,15)(H,16,17). The minimum absolute atomic E-state index is 0.0707. The molecule has 0 spiro atoms. The maximum Gasteiger partial charge on any atom is 0.328 e. The van der Waals surface area contributed by atoms with Crippen LogP contribution in [0.15, 0.2) is 12.3 Å². The van der Waals surface area contributed by atoms with Crippen molar-refractivity contribution in [3.05, 3.63) is 28.1 Å². The van der Waals surface area contributed by atoms with Gasteiger partial charge in [0.25, 0.3) is 11.6 Å². The number of hydrogen-bond acceptors (Lipinski definition) is 5. The van der Waals surface area contributed by atoms with Crippen molar-refractivity contribution in [1.82, 2.24) is 9.88 Å². The number of aryl methyl sites for hydroxylation is 1. The number of nitro groups is 1. The van der Waals surface area contributed by atoms with Crippen molar-refractivity contribution in [2.75, 3.05) is 0 Å². The van der Waals surface area contributed by atoms with E-state index in [0.29, 0.717) is 0 Å². The second-order valence-corrected chi connectivity index (χ2v) is 3.98. The SMILES string of the molecule is CC(O)C(NC(=O)c1cc([N+](=O)[O-])cn1C)C(=O)O. The molecular weight excluding hydrogens is 258 g/mol. The first-order valence-electron chi connectivity index (χ1n) is 5.26. The number of aromatic nitrogens is 1. The van der Waals surface area contributed by atoms with Gasteiger partial charge in [0.15, 0.2) is 6.04 Å². The highest BCUT2D eigenvalue weighted by Crippen LogP contribution is 2.15. The van der Waals surface area contributed by atoms with Crippen LogP contribution in [0.25, 0.3) is 0 Å². The Labute approximate surface area is 107 Å². The van der Waals surface area contributed by atoms with Crippen LogP contribution in [0.5, 0.6) is 0 Å². The molecule has 9 heteroatoms. The van der Waals surface area contributed by atoms with Gasteiger partial charge in [-0.1, -0.05) is 0 Å². The van der Waals surface area contributed by atoms with Crippen molar-refractivity contribution in [3.63, 3.8) is 0 Å². The Morgan fingerprint density at radius 3 is 2.47 bits per heavy atom. The van der Waals surface area contributed by atoms with Gasteiger partial charge >= 0.3 is 5.97 Å². The molecule has 1 rings (SSSR count). The maximum absolute atomic E-state index is 11.8. The van der Waals surface area contributed by atoms with E-state index in [0.717, 1.165) is 12.3 Å². The van der Waals surface area contributed by atoms with Crippen LogP contribution >= 0.6 is 0 Å². The molecule has 0 saturated heterocycles. The zero-order valence-corrected chi connectivity index (χ0v) is 10.2. The predicted molar refractivity (Wildman–Crippen MR) is 62.6 cm³/mol. The van der Waals surface area contributed by atoms with Crippen LogP contribution in [-0.2, 0) is 11.8 Å². The van der Waals surface area contributed by atoms with Crippen LogP contribution in [0.1, 0.15) is 17.4 Å². The van der Waals surface area contributed by atoms with Gasteiger partial charge in [-0.25, -0.2) is 4.79 Å². The third-order valence-electron chi connectivity index (χ3n) is 2.47. The molecule has 1 amide bonds. The molecule has 0 aliphatic rings. The Bertz CT molecular complexity index is 521. The molecule has 0 aromatic carbocycles. The number of carbonyl (C=O) groups is 2. The lowest BCUT2D eigenvalue weighted by atomic mass is 10.2. The first kappa shape index (κ1) is 14.6. The van der Waals surface area contributed by atoms with E-state index in [-0.39, 0.29) is 11.4 Å². The van der Waals surface area contributed by atoms with Crippen molar-refractivity contribution >= 4 is 17.6 Å². The molecule has 2 atom stereocenters. The average molecular weight is 271 g/mol. The summed E-state index contributed by atoms with van der Waals surface area (Å²) in [7, 11) is 1.42. The van der Waals surface area contributed by atoms with Crippen LogP contribution in [0.3, 0.4) is 0 Å². The molecule has 0 fully saturated rings. The number of nitrogens with one attached hydrogen (secondary N) is 1. The van der Waals surface area contributed by atoms with E-state index < -0.39 is 28.9 Å². The topological polar surface area (TPSA) is 135 Å². The summed E-state index contributed by atoms with van der Waals surface area (Å²) in [5, 5.41) is 30.7. The van der Waals surface area contributed by atoms with Crippen LogP contribution in [0, 0.1) is 10.1 Å². The first-order valence-corrected chi connectivity index (χ1v) is 5.26. The Balaban J connectivity index is 2.94. The lowest BCUT2D eigenvalue weighted by molar-refractivity contribution is -0.384. The number of rotatable bonds is 5. The van der Waals surface area contributed by atoms with Crippen LogP contribution in [0.2, 0.25) is 0 Å². The number of nitrogens with zero attached hydrogens (tertiary/aromatic N) is 2. The summed E-state index contributed by atoms with van der Waals surface area (Å²) in [5.41, 5.74) is -0.352. The zero-order chi connectivity index (χ0) is 14.7. The molecule has 2 unspecified atom stereocenters. The van der Waals surface area contributed by atoms with Crippen molar-refractivity contribution in [1.29, 1.82) is 0 Å². The normalized spacial score (nSPS) is 13.6. The number of amides is 1. The van der Waals surface area contributed by atoms with Crippen LogP contribution < -0.4 is 5.32 Å². The van der Waals surface area contributed by atoms with Crippen molar-refractivity contribution < 1.29 is 24.7 Å². The lowest BCUT2D eigenvalue weighted by Gasteiger charge is -2.16. The van der Waals surface area contributed by atoms with E-state index >= 15 is 0 Å². The van der Waals surface area contributed by atoms with Gasteiger partial charge in [0.05, 0.1) is 17.2 Å². The molecule has 1 aromatic rings. The molecule has 1 heterocycles. The van der Waals surface area contributed by atoms with Gasteiger partial charge in [-0.2, -0.15) is 0 Å². The second kappa shape index (κ2) is 5.48. The van der Waals surface area contributed by atoms with Crippen molar-refractivity contribution in [3.8, 4) is 0 Å². The van der Waals surface area contributed by atoms with Crippen molar-refractivity contribution in [2.45, 2.75) is 19.1 Å². The first-order chi connectivity index (χ1) is 8.73. The minimum Gasteiger partial charge on any atom is -0.480 e. The molecular formula is C10H13N3O6. The molecule has 0 aliphatic carbocycles. The smallest absolute Gasteiger partial charge is 0.328 e. The van der Waals surface area contributed by atoms with Gasteiger partial charge in [-0.15, -0.1) is 0 Å². The maximum atomic E-state index is 11.8. The molecule has 0 bridgehead atoms. The van der Waals surface area contributed by atoms with E-state index in [4.69, 9.17) is 5.11 Å². The minimum atomic E-state index is -1.48. The van der Waals surface area contributed by atoms with E-state index in [2.05, 4.69) is 5.32 Å². The zero-order valence-electron chi connectivity index (χ0n) is 10.2. The van der Waals surface area contributed by atoms with Crippen LogP contribution in [0.4, 0.5) is 5.69 Å². The fraction of sp³-hybridized carbons (Fsp3) is 0.400. The van der Waals surface area contributed by atoms with Gasteiger partial charge in [-0.05, 0) is 6.92 Å². The molecule has 0 aliphatic heterocycles. The van der Waals surface area contributed by atoms with Crippen LogP contribution in [-0.4, -0.2) is 43.7 Å². The average Bonchev–Trinajstić information content (AvgIpc) is 2.67. The third-order valence-corrected chi connectivity index (χ3v) is 2.47. The summed E-state index contributed by atoms with van der Waals surface area (Å²) >= 11 is 0. The van der Waals surface area contributed by atoms with Crippen molar-refractivity contribution in [2.24, 2.45) is 7.05 Å². The van der Waals surface area contributed by atoms with Gasteiger partial charge in [-0.3, -0.25) is 14.9 Å². The Morgan fingerprint density at radius 1 is 1.53 bits per heavy atom. The molecule has 104 valence electrons. The van der Waals surface area contributed by atoms with Gasteiger partial charge < -0.3 is 20.1 Å². The van der Waals surface area contributed by atoms with E-state index in [1.165, 1.54) is 18.5 Å². The molecule has 1 aromatic heterocycles. The number of carboxylic acid groups (broad SMARTS) is 1. The fourth-order valence-electron chi connectivity index (χ4n) is 1.48. The highest BCUT2D eigenvalue weighted by molar-refractivity contribution is 5.96. The van der Waals surface area contributed by atoms with Gasteiger partial charge in [0.2, 0.25) is 0 Å². The van der Waals surface area contributed by atoms with E-state index in [1.807, 2.05) is 0 Å². The molecule has 9 nitrogen and oxygen atoms in total. The van der Waals surface area contributed by atoms with Gasteiger partial charge in [0.1, 0.15) is 5.69 Å². The Hall–Kier alpha value is -2.42. The summed E-state index contributed by atoms with van der Waals surface area (Å²) in [5.74, 6) is -2.21. The number of hydrogen-bond donors (Lipinski definition) is 3. The summed E-state index contributed by atoms with van der Waals surface area (Å²) in [4.78, 5) is 32.5. The van der Waals surface area contributed by atoms with Gasteiger partial charge in [0, 0.05) is 13.1 Å². The number of aliphatic carboxylic acids is 1. The molecule has 0 radical (unpaired) electrons. The quantitative estimate of drug-likeness (QED) is 0.488. The monoisotopic (exact) mass is 271 g/mol. The third kappa shape index (κ3) is 3.28. The Kier molecular flexibility index (Phi) is 4.22. The number of aliphatic hydroxyl groups excluding tert-OH is 1. The number of aliphatic hydroxyl groups is 1. The predicted octanol–water partition coefficient (Wildman–Crippen LogP) is -0.503. The van der Waals surface area contributed by atoms with E-state index in [9.17, 15) is 24.8 Å². The van der Waals surface area contributed by atoms with E-state index in [1.54, 1.807) is 0 Å². The summed E-state index contributed by atoms with van der Waals surface area (Å²) in [6.45, 7) is 1.21. The summed E-state index contributed by atoms with van der Waals surface area (Å²) < 4.78 is 1.20.